The lowest BCUT2D eigenvalue weighted by atomic mass is 10.1. The van der Waals surface area contributed by atoms with Crippen molar-refractivity contribution in [1.29, 1.82) is 5.26 Å². The molecule has 7 heteroatoms. The molecule has 0 radical (unpaired) electrons. The maximum Gasteiger partial charge on any atom is 0.417 e. The van der Waals surface area contributed by atoms with Gasteiger partial charge in [0.15, 0.2) is 0 Å². The van der Waals surface area contributed by atoms with Gasteiger partial charge in [-0.2, -0.15) is 18.4 Å². The highest BCUT2D eigenvalue weighted by Crippen LogP contribution is 2.35. The molecule has 0 bridgehead atoms. The first kappa shape index (κ1) is 15.3. The molecule has 0 saturated heterocycles. The summed E-state index contributed by atoms with van der Waals surface area (Å²) in [5.41, 5.74) is -0.915. The van der Waals surface area contributed by atoms with Gasteiger partial charge in [0.25, 0.3) is 0 Å². The molecule has 0 amide bonds. The number of nitriles is 1. The zero-order chi connectivity index (χ0) is 15.6. The largest absolute Gasteiger partial charge is 0.417 e. The molecule has 0 aromatic heterocycles. The lowest BCUT2D eigenvalue weighted by molar-refractivity contribution is -0.137. The molecule has 1 N–H and O–H groups in total. The Balaban J connectivity index is 2.40. The van der Waals surface area contributed by atoms with E-state index in [9.17, 15) is 17.6 Å². The minimum Gasteiger partial charge on any atom is -0.355 e. The third-order valence-electron chi connectivity index (χ3n) is 2.66. The lowest BCUT2D eigenvalue weighted by Crippen LogP contribution is -2.08. The molecular formula is C14H7BrF4N2. The molecule has 0 aliphatic heterocycles. The number of rotatable bonds is 2. The van der Waals surface area contributed by atoms with Gasteiger partial charge in [0.1, 0.15) is 5.82 Å². The van der Waals surface area contributed by atoms with Crippen molar-refractivity contribution in [3.05, 3.63) is 57.8 Å². The molecular weight excluding hydrogens is 352 g/mol. The van der Waals surface area contributed by atoms with Gasteiger partial charge in [-0.15, -0.1) is 0 Å². The third-order valence-corrected chi connectivity index (χ3v) is 3.31. The van der Waals surface area contributed by atoms with Crippen molar-refractivity contribution >= 4 is 27.3 Å². The van der Waals surface area contributed by atoms with E-state index in [1.807, 2.05) is 0 Å². The Morgan fingerprint density at radius 2 is 1.81 bits per heavy atom. The molecule has 2 rings (SSSR count). The van der Waals surface area contributed by atoms with E-state index in [1.54, 1.807) is 0 Å². The van der Waals surface area contributed by atoms with Gasteiger partial charge in [-0.3, -0.25) is 0 Å². The van der Waals surface area contributed by atoms with E-state index in [1.165, 1.54) is 30.3 Å². The van der Waals surface area contributed by atoms with Crippen LogP contribution in [0.5, 0.6) is 0 Å². The van der Waals surface area contributed by atoms with Crippen LogP contribution in [0.2, 0.25) is 0 Å². The Bertz CT molecular complexity index is 720. The van der Waals surface area contributed by atoms with Crippen LogP contribution in [0.1, 0.15) is 11.1 Å². The summed E-state index contributed by atoms with van der Waals surface area (Å²) in [5, 5.41) is 11.5. The van der Waals surface area contributed by atoms with Gasteiger partial charge in [-0.25, -0.2) is 4.39 Å². The zero-order valence-corrected chi connectivity index (χ0v) is 11.9. The number of nitrogens with zero attached hydrogens (tertiary/aromatic N) is 1. The van der Waals surface area contributed by atoms with Crippen LogP contribution in [0.15, 0.2) is 40.9 Å². The number of hydrogen-bond acceptors (Lipinski definition) is 2. The summed E-state index contributed by atoms with van der Waals surface area (Å²) in [7, 11) is 0. The fourth-order valence-corrected chi connectivity index (χ4v) is 2.15. The second kappa shape index (κ2) is 5.74. The molecule has 21 heavy (non-hydrogen) atoms. The van der Waals surface area contributed by atoms with Crippen molar-refractivity contribution in [3.63, 3.8) is 0 Å². The summed E-state index contributed by atoms with van der Waals surface area (Å²) >= 11 is 3.11. The van der Waals surface area contributed by atoms with E-state index < -0.39 is 23.1 Å². The minimum atomic E-state index is -4.62. The van der Waals surface area contributed by atoms with Gasteiger partial charge >= 0.3 is 6.18 Å². The second-order valence-electron chi connectivity index (χ2n) is 4.12. The Labute approximate surface area is 126 Å². The molecule has 0 unspecified atom stereocenters. The van der Waals surface area contributed by atoms with E-state index in [-0.39, 0.29) is 5.69 Å². The van der Waals surface area contributed by atoms with E-state index >= 15 is 0 Å². The summed E-state index contributed by atoms with van der Waals surface area (Å²) in [4.78, 5) is 0. The van der Waals surface area contributed by atoms with Crippen molar-refractivity contribution in [2.75, 3.05) is 5.32 Å². The minimum absolute atomic E-state index is 0.147. The number of halogens is 5. The summed E-state index contributed by atoms with van der Waals surface area (Å²) in [5.74, 6) is -0.469. The van der Waals surface area contributed by atoms with Gasteiger partial charge < -0.3 is 5.32 Å². The number of alkyl halides is 3. The van der Waals surface area contributed by atoms with Crippen LogP contribution in [-0.2, 0) is 6.18 Å². The fraction of sp³-hybridized carbons (Fsp3) is 0.0714. The van der Waals surface area contributed by atoms with Gasteiger partial charge in [0.2, 0.25) is 0 Å². The predicted molar refractivity (Wildman–Crippen MR) is 73.5 cm³/mol. The first-order valence-electron chi connectivity index (χ1n) is 5.64. The average Bonchev–Trinajstić information content (AvgIpc) is 2.41. The molecule has 0 atom stereocenters. The summed E-state index contributed by atoms with van der Waals surface area (Å²) in [6.07, 6.45) is -4.62. The highest BCUT2D eigenvalue weighted by atomic mass is 79.9. The first-order valence-corrected chi connectivity index (χ1v) is 6.44. The topological polar surface area (TPSA) is 35.8 Å². The normalized spacial score (nSPS) is 11.0. The quantitative estimate of drug-likeness (QED) is 0.746. The number of nitrogens with one attached hydrogen (secondary N) is 1. The highest BCUT2D eigenvalue weighted by molar-refractivity contribution is 9.10. The molecule has 0 aliphatic rings. The zero-order valence-electron chi connectivity index (χ0n) is 10.3. The van der Waals surface area contributed by atoms with Crippen molar-refractivity contribution in [3.8, 4) is 6.07 Å². The third kappa shape index (κ3) is 3.52. The molecule has 0 aliphatic carbocycles. The molecule has 2 aromatic rings. The van der Waals surface area contributed by atoms with Crippen LogP contribution in [-0.4, -0.2) is 0 Å². The van der Waals surface area contributed by atoms with Crippen LogP contribution < -0.4 is 5.32 Å². The SMILES string of the molecule is N#Cc1ccc(Nc2ccc(F)cc2Br)cc1C(F)(F)F. The molecule has 0 heterocycles. The molecule has 0 spiro atoms. The molecule has 108 valence electrons. The van der Waals surface area contributed by atoms with E-state index in [0.717, 1.165) is 12.1 Å². The van der Waals surface area contributed by atoms with Gasteiger partial charge in [-0.1, -0.05) is 0 Å². The van der Waals surface area contributed by atoms with Crippen molar-refractivity contribution < 1.29 is 17.6 Å². The van der Waals surface area contributed by atoms with Crippen LogP contribution in [0, 0.1) is 17.1 Å². The molecule has 0 saturated carbocycles. The fourth-order valence-electron chi connectivity index (χ4n) is 1.70. The maximum absolute atomic E-state index is 13.0. The van der Waals surface area contributed by atoms with Gasteiger partial charge in [0, 0.05) is 10.2 Å². The van der Waals surface area contributed by atoms with Gasteiger partial charge in [0.05, 0.1) is 22.9 Å². The molecule has 0 fully saturated rings. The van der Waals surface area contributed by atoms with Crippen molar-refractivity contribution in [1.82, 2.24) is 0 Å². The molecule has 2 nitrogen and oxygen atoms in total. The van der Waals surface area contributed by atoms with Crippen LogP contribution in [0.3, 0.4) is 0 Å². The van der Waals surface area contributed by atoms with Crippen molar-refractivity contribution in [2.45, 2.75) is 6.18 Å². The number of benzene rings is 2. The molecule has 2 aromatic carbocycles. The second-order valence-corrected chi connectivity index (χ2v) is 4.97. The highest BCUT2D eigenvalue weighted by Gasteiger charge is 2.33. The predicted octanol–water partition coefficient (Wildman–Crippen LogP) is 5.22. The van der Waals surface area contributed by atoms with Crippen molar-refractivity contribution in [2.24, 2.45) is 0 Å². The van der Waals surface area contributed by atoms with Gasteiger partial charge in [-0.05, 0) is 52.3 Å². The first-order chi connectivity index (χ1) is 9.81. The van der Waals surface area contributed by atoms with E-state index in [0.29, 0.717) is 10.2 Å². The lowest BCUT2D eigenvalue weighted by Gasteiger charge is -2.13. The summed E-state index contributed by atoms with van der Waals surface area (Å²) < 4.78 is 51.9. The van der Waals surface area contributed by atoms with E-state index in [2.05, 4.69) is 21.2 Å². The van der Waals surface area contributed by atoms with Crippen LogP contribution >= 0.6 is 15.9 Å². The van der Waals surface area contributed by atoms with Crippen LogP contribution in [0.25, 0.3) is 0 Å². The summed E-state index contributed by atoms with van der Waals surface area (Å²) in [6.45, 7) is 0. The Morgan fingerprint density at radius 1 is 1.10 bits per heavy atom. The maximum atomic E-state index is 13.0. The smallest absolute Gasteiger partial charge is 0.355 e. The Kier molecular flexibility index (Phi) is 4.19. The number of hydrogen-bond donors (Lipinski definition) is 1. The monoisotopic (exact) mass is 358 g/mol. The summed E-state index contributed by atoms with van der Waals surface area (Å²) in [6, 6.07) is 8.55. The standard InChI is InChI=1S/C14H7BrF4N2/c15-12-5-9(16)2-4-13(12)21-10-3-1-8(7-20)11(6-10)14(17,18)19/h1-6,21H. The Morgan fingerprint density at radius 3 is 2.38 bits per heavy atom. The average molecular weight is 359 g/mol. The van der Waals surface area contributed by atoms with E-state index in [4.69, 9.17) is 5.26 Å². The number of anilines is 2. The Hall–Kier alpha value is -2.07. The van der Waals surface area contributed by atoms with Crippen LogP contribution in [0.4, 0.5) is 28.9 Å².